The molecule has 1 atom stereocenters. The molecule has 2 aliphatic heterocycles. The van der Waals surface area contributed by atoms with Crippen molar-refractivity contribution in [1.82, 2.24) is 9.57 Å². The molecule has 0 aromatic carbocycles. The van der Waals surface area contributed by atoms with Gasteiger partial charge in [0.05, 0.1) is 5.94 Å². The van der Waals surface area contributed by atoms with Gasteiger partial charge in [0, 0.05) is 25.8 Å². The van der Waals surface area contributed by atoms with Crippen molar-refractivity contribution >= 4 is 20.1 Å². The number of thiol groups is 1. The normalized spacial score (nSPS) is 28.1. The van der Waals surface area contributed by atoms with Crippen molar-refractivity contribution in [3.63, 3.8) is 0 Å². The Balaban J connectivity index is 1.82. The summed E-state index contributed by atoms with van der Waals surface area (Å²) >= 11 is 4.01. The monoisotopic (exact) mass is 292 g/mol. The molecule has 2 aliphatic rings. The lowest BCUT2D eigenvalue weighted by Gasteiger charge is -2.41. The second-order valence-corrected chi connectivity index (χ2v) is 8.03. The molecule has 2 rings (SSSR count). The summed E-state index contributed by atoms with van der Waals surface area (Å²) in [6.45, 7) is 6.00. The predicted molar refractivity (Wildman–Crippen MR) is 78.5 cm³/mol. The van der Waals surface area contributed by atoms with Crippen LogP contribution in [0, 0.1) is 0 Å². The minimum atomic E-state index is -2.60. The molecule has 0 amide bonds. The Morgan fingerprint density at radius 3 is 2.33 bits per heavy atom. The fraction of sp³-hybridized carbons (Fsp3) is 1.00. The molecule has 0 N–H and O–H groups in total. The van der Waals surface area contributed by atoms with Crippen LogP contribution in [0.2, 0.25) is 0 Å². The summed E-state index contributed by atoms with van der Waals surface area (Å²) in [5.41, 5.74) is 0. The Morgan fingerprint density at radius 2 is 1.78 bits per heavy atom. The maximum absolute atomic E-state index is 12.3. The minimum Gasteiger partial charge on any atom is -0.307 e. The van der Waals surface area contributed by atoms with E-state index in [1.54, 1.807) is 6.66 Å². The van der Waals surface area contributed by atoms with Crippen LogP contribution in [0.3, 0.4) is 0 Å². The highest BCUT2D eigenvalue weighted by atomic mass is 32.1. The van der Waals surface area contributed by atoms with Gasteiger partial charge in [-0.25, -0.2) is 4.67 Å². The fourth-order valence-corrected chi connectivity index (χ4v) is 5.03. The lowest BCUT2D eigenvalue weighted by Crippen LogP contribution is -2.45. The molecule has 2 fully saturated rings. The van der Waals surface area contributed by atoms with E-state index in [9.17, 15) is 4.57 Å². The van der Waals surface area contributed by atoms with E-state index in [4.69, 9.17) is 4.52 Å². The molecule has 0 aliphatic carbocycles. The van der Waals surface area contributed by atoms with Crippen molar-refractivity contribution in [2.45, 2.75) is 38.1 Å². The van der Waals surface area contributed by atoms with E-state index in [-0.39, 0.29) is 5.94 Å². The van der Waals surface area contributed by atoms with Crippen LogP contribution < -0.4 is 0 Å². The zero-order valence-electron chi connectivity index (χ0n) is 11.3. The van der Waals surface area contributed by atoms with Crippen molar-refractivity contribution in [3.05, 3.63) is 0 Å². The third kappa shape index (κ3) is 3.73. The molecule has 6 heteroatoms. The minimum absolute atomic E-state index is 0.236. The SMILES string of the molecule is CP(=O)(OCS)N1CCC(N2CCCCC2)CC1. The summed E-state index contributed by atoms with van der Waals surface area (Å²) < 4.78 is 19.6. The van der Waals surface area contributed by atoms with Gasteiger partial charge in [0.2, 0.25) is 0 Å². The maximum Gasteiger partial charge on any atom is 0.270 e. The van der Waals surface area contributed by atoms with E-state index in [1.807, 2.05) is 4.67 Å². The molecule has 0 spiro atoms. The smallest absolute Gasteiger partial charge is 0.270 e. The Bertz CT molecular complexity index is 302. The van der Waals surface area contributed by atoms with Crippen LogP contribution in [0.5, 0.6) is 0 Å². The third-order valence-electron chi connectivity index (χ3n) is 4.16. The summed E-state index contributed by atoms with van der Waals surface area (Å²) in [6, 6.07) is 0.692. The van der Waals surface area contributed by atoms with Gasteiger partial charge in [0.25, 0.3) is 7.52 Å². The number of piperidine rings is 2. The van der Waals surface area contributed by atoms with Gasteiger partial charge in [0.15, 0.2) is 0 Å². The first-order valence-electron chi connectivity index (χ1n) is 6.96. The first-order valence-corrected chi connectivity index (χ1v) is 9.61. The standard InChI is InChI=1S/C12H25N2O2PS/c1-17(15,16-11-18)14-9-5-12(6-10-14)13-7-3-2-4-8-13/h12,18H,2-11H2,1H3. The van der Waals surface area contributed by atoms with Crippen molar-refractivity contribution in [1.29, 1.82) is 0 Å². The molecule has 0 saturated carbocycles. The molecule has 4 nitrogen and oxygen atoms in total. The van der Waals surface area contributed by atoms with E-state index in [2.05, 4.69) is 17.5 Å². The van der Waals surface area contributed by atoms with Gasteiger partial charge in [-0.3, -0.25) is 4.57 Å². The average Bonchev–Trinajstić information content (AvgIpc) is 2.40. The summed E-state index contributed by atoms with van der Waals surface area (Å²) in [5, 5.41) is 0. The van der Waals surface area contributed by atoms with Gasteiger partial charge in [-0.1, -0.05) is 6.42 Å². The van der Waals surface area contributed by atoms with Crippen LogP contribution in [0.1, 0.15) is 32.1 Å². The summed E-state index contributed by atoms with van der Waals surface area (Å²) in [6.07, 6.45) is 6.31. The Hall–Kier alpha value is 0.460. The summed E-state index contributed by atoms with van der Waals surface area (Å²) in [5.74, 6) is 0.236. The topological polar surface area (TPSA) is 32.8 Å². The second kappa shape index (κ2) is 6.76. The number of rotatable bonds is 4. The zero-order chi connectivity index (χ0) is 13.0. The molecule has 106 valence electrons. The molecule has 0 aromatic heterocycles. The van der Waals surface area contributed by atoms with Crippen molar-refractivity contribution in [2.75, 3.05) is 38.8 Å². The largest absolute Gasteiger partial charge is 0.307 e. The van der Waals surface area contributed by atoms with Gasteiger partial charge >= 0.3 is 0 Å². The Morgan fingerprint density at radius 1 is 1.17 bits per heavy atom. The van der Waals surface area contributed by atoms with Crippen LogP contribution in [0.25, 0.3) is 0 Å². The first kappa shape index (κ1) is 14.9. The van der Waals surface area contributed by atoms with Crippen molar-refractivity contribution in [3.8, 4) is 0 Å². The second-order valence-electron chi connectivity index (χ2n) is 5.34. The lowest BCUT2D eigenvalue weighted by molar-refractivity contribution is 0.113. The number of nitrogens with zero attached hydrogens (tertiary/aromatic N) is 2. The summed E-state index contributed by atoms with van der Waals surface area (Å²) in [4.78, 5) is 2.63. The van der Waals surface area contributed by atoms with E-state index in [0.717, 1.165) is 25.9 Å². The molecule has 2 heterocycles. The molecule has 0 radical (unpaired) electrons. The molecular formula is C12H25N2O2PS. The van der Waals surface area contributed by atoms with Crippen LogP contribution in [0.15, 0.2) is 0 Å². The van der Waals surface area contributed by atoms with E-state index >= 15 is 0 Å². The predicted octanol–water partition coefficient (Wildman–Crippen LogP) is 2.66. The van der Waals surface area contributed by atoms with E-state index in [0.29, 0.717) is 6.04 Å². The van der Waals surface area contributed by atoms with Gasteiger partial charge in [-0.2, -0.15) is 12.6 Å². The number of hydrogen-bond donors (Lipinski definition) is 1. The van der Waals surface area contributed by atoms with Crippen molar-refractivity contribution < 1.29 is 9.09 Å². The molecule has 0 bridgehead atoms. The maximum atomic E-state index is 12.3. The Kier molecular flexibility index (Phi) is 5.58. The van der Waals surface area contributed by atoms with Gasteiger partial charge in [0.1, 0.15) is 0 Å². The van der Waals surface area contributed by atoms with E-state index < -0.39 is 7.52 Å². The molecule has 1 unspecified atom stereocenters. The quantitative estimate of drug-likeness (QED) is 0.490. The Labute approximate surface area is 116 Å². The van der Waals surface area contributed by atoms with Crippen molar-refractivity contribution in [2.24, 2.45) is 0 Å². The van der Waals surface area contributed by atoms with Gasteiger partial charge in [-0.05, 0) is 38.8 Å². The highest BCUT2D eigenvalue weighted by Crippen LogP contribution is 2.48. The number of hydrogen-bond acceptors (Lipinski definition) is 4. The van der Waals surface area contributed by atoms with Crippen LogP contribution >= 0.6 is 20.1 Å². The van der Waals surface area contributed by atoms with Gasteiger partial charge < -0.3 is 9.42 Å². The highest BCUT2D eigenvalue weighted by Gasteiger charge is 2.32. The van der Waals surface area contributed by atoms with E-state index in [1.165, 1.54) is 32.4 Å². The zero-order valence-corrected chi connectivity index (χ0v) is 13.0. The summed E-state index contributed by atoms with van der Waals surface area (Å²) in [7, 11) is -2.60. The molecule has 18 heavy (non-hydrogen) atoms. The molecule has 0 aromatic rings. The third-order valence-corrected chi connectivity index (χ3v) is 6.53. The average molecular weight is 292 g/mol. The van der Waals surface area contributed by atoms with Crippen LogP contribution in [0.4, 0.5) is 0 Å². The van der Waals surface area contributed by atoms with Gasteiger partial charge in [-0.15, -0.1) is 0 Å². The molecule has 2 saturated heterocycles. The number of likely N-dealkylation sites (tertiary alicyclic amines) is 1. The molecular weight excluding hydrogens is 267 g/mol. The highest BCUT2D eigenvalue weighted by molar-refractivity contribution is 7.80. The van der Waals surface area contributed by atoms with Crippen LogP contribution in [-0.4, -0.2) is 54.4 Å². The fourth-order valence-electron chi connectivity index (χ4n) is 3.05. The lowest BCUT2D eigenvalue weighted by atomic mass is 10.0. The van der Waals surface area contributed by atoms with Crippen LogP contribution in [-0.2, 0) is 9.09 Å². The first-order chi connectivity index (χ1) is 8.63.